The van der Waals surface area contributed by atoms with Gasteiger partial charge in [-0.15, -0.1) is 0 Å². The van der Waals surface area contributed by atoms with E-state index >= 15 is 0 Å². The second-order valence-corrected chi connectivity index (χ2v) is 10.0. The number of anilines is 2. The Morgan fingerprint density at radius 2 is 1.62 bits per heavy atom. The van der Waals surface area contributed by atoms with Crippen LogP contribution in [0.1, 0.15) is 37.1 Å². The lowest BCUT2D eigenvalue weighted by molar-refractivity contribution is -0.119. The quantitative estimate of drug-likeness (QED) is 0.244. The molecule has 0 bridgehead atoms. The lowest BCUT2D eigenvalue weighted by Gasteiger charge is -2.40. The van der Waals surface area contributed by atoms with E-state index in [-0.39, 0.29) is 18.5 Å². The van der Waals surface area contributed by atoms with Crippen molar-refractivity contribution in [1.29, 1.82) is 0 Å². The Morgan fingerprint density at radius 3 is 2.36 bits per heavy atom. The van der Waals surface area contributed by atoms with Gasteiger partial charge in [-0.3, -0.25) is 9.69 Å². The number of ether oxygens (including phenoxy) is 3. The molecule has 0 saturated heterocycles. The minimum absolute atomic E-state index is 0.117. The third-order valence-corrected chi connectivity index (χ3v) is 7.44. The summed E-state index contributed by atoms with van der Waals surface area (Å²) in [5, 5.41) is 2.94. The second-order valence-electron chi connectivity index (χ2n) is 10.0. The normalized spacial score (nSPS) is 13.5. The number of rotatable bonds is 10. The minimum Gasteiger partial charge on any atom is -0.497 e. The van der Waals surface area contributed by atoms with Crippen molar-refractivity contribution in [1.82, 2.24) is 9.47 Å². The molecule has 0 saturated carbocycles. The van der Waals surface area contributed by atoms with Crippen molar-refractivity contribution in [2.24, 2.45) is 0 Å². The fourth-order valence-corrected chi connectivity index (χ4v) is 5.35. The molecule has 0 aliphatic carbocycles. The van der Waals surface area contributed by atoms with Gasteiger partial charge < -0.3 is 29.0 Å². The highest BCUT2D eigenvalue weighted by Gasteiger charge is 2.38. The number of carbonyl (C=O) groups is 2. The summed E-state index contributed by atoms with van der Waals surface area (Å²) in [7, 11) is 4.80. The number of nitrogens with one attached hydrogen (secondary N) is 1. The number of amides is 3. The molecule has 0 radical (unpaired) electrons. The van der Waals surface area contributed by atoms with Gasteiger partial charge in [-0.05, 0) is 61.0 Å². The van der Waals surface area contributed by atoms with E-state index in [4.69, 9.17) is 14.2 Å². The molecule has 1 aromatic heterocycles. The molecule has 5 rings (SSSR count). The van der Waals surface area contributed by atoms with Crippen molar-refractivity contribution in [3.63, 3.8) is 0 Å². The molecule has 4 aromatic rings. The van der Waals surface area contributed by atoms with Gasteiger partial charge in [-0.2, -0.15) is 0 Å². The van der Waals surface area contributed by atoms with Crippen LogP contribution in [0.3, 0.4) is 0 Å². The van der Waals surface area contributed by atoms with Crippen LogP contribution in [0.2, 0.25) is 0 Å². The van der Waals surface area contributed by atoms with Crippen molar-refractivity contribution in [2.75, 3.05) is 44.6 Å². The highest BCUT2D eigenvalue weighted by Crippen LogP contribution is 2.45. The van der Waals surface area contributed by atoms with E-state index in [1.54, 1.807) is 43.3 Å². The molecular weight excluding hydrogens is 532 g/mol. The molecule has 9 heteroatoms. The van der Waals surface area contributed by atoms with Crippen LogP contribution in [-0.4, -0.2) is 55.8 Å². The summed E-state index contributed by atoms with van der Waals surface area (Å²) in [6.45, 7) is 2.37. The topological polar surface area (TPSA) is 85.3 Å². The molecule has 42 heavy (non-hydrogen) atoms. The lowest BCUT2D eigenvalue weighted by atomic mass is 9.96. The first-order valence-corrected chi connectivity index (χ1v) is 14.0. The number of urea groups is 1. The molecule has 1 atom stereocenters. The zero-order valence-corrected chi connectivity index (χ0v) is 24.4. The van der Waals surface area contributed by atoms with Gasteiger partial charge in [0.1, 0.15) is 29.8 Å². The molecule has 2 heterocycles. The van der Waals surface area contributed by atoms with Crippen molar-refractivity contribution in [2.45, 2.75) is 25.8 Å². The van der Waals surface area contributed by atoms with Gasteiger partial charge in [0.05, 0.1) is 38.4 Å². The van der Waals surface area contributed by atoms with Crippen molar-refractivity contribution in [3.05, 3.63) is 96.3 Å². The number of benzene rings is 3. The van der Waals surface area contributed by atoms with Crippen LogP contribution in [0.4, 0.5) is 16.2 Å². The van der Waals surface area contributed by atoms with Crippen LogP contribution < -0.4 is 24.4 Å². The molecule has 1 N–H and O–H groups in total. The van der Waals surface area contributed by atoms with Crippen LogP contribution >= 0.6 is 0 Å². The van der Waals surface area contributed by atoms with Crippen molar-refractivity contribution in [3.8, 4) is 22.9 Å². The predicted octanol–water partition coefficient (Wildman–Crippen LogP) is 6.27. The lowest BCUT2D eigenvalue weighted by Crippen LogP contribution is -2.48. The number of unbranched alkanes of at least 4 members (excludes halogenated alkanes) is 1. The Bertz CT molecular complexity index is 1570. The monoisotopic (exact) mass is 568 g/mol. The Balaban J connectivity index is 1.55. The number of hydrogen-bond acceptors (Lipinski definition) is 5. The average Bonchev–Trinajstić information content (AvgIpc) is 3.52. The Labute approximate surface area is 246 Å². The van der Waals surface area contributed by atoms with Gasteiger partial charge in [0.25, 0.3) is 0 Å². The van der Waals surface area contributed by atoms with Gasteiger partial charge in [0.15, 0.2) is 0 Å². The van der Waals surface area contributed by atoms with Crippen molar-refractivity contribution < 1.29 is 23.8 Å². The average molecular weight is 569 g/mol. The van der Waals surface area contributed by atoms with E-state index < -0.39 is 6.04 Å². The molecule has 9 nitrogen and oxygen atoms in total. The van der Waals surface area contributed by atoms with Gasteiger partial charge >= 0.3 is 6.03 Å². The number of fused-ring (bicyclic) bond motifs is 3. The van der Waals surface area contributed by atoms with E-state index in [0.29, 0.717) is 29.5 Å². The first-order valence-electron chi connectivity index (χ1n) is 14.0. The van der Waals surface area contributed by atoms with Crippen molar-refractivity contribution >= 4 is 23.3 Å². The van der Waals surface area contributed by atoms with Crippen LogP contribution in [0, 0.1) is 0 Å². The fraction of sp³-hybridized carbons (Fsp3) is 0.273. The summed E-state index contributed by atoms with van der Waals surface area (Å²) in [5.74, 6) is 1.69. The second kappa shape index (κ2) is 12.7. The fourth-order valence-electron chi connectivity index (χ4n) is 5.35. The number of aromatic nitrogens is 1. The highest BCUT2D eigenvalue weighted by molar-refractivity contribution is 6.01. The molecule has 3 amide bonds. The molecule has 1 aliphatic rings. The maximum atomic E-state index is 14.5. The maximum Gasteiger partial charge on any atom is 0.322 e. The Morgan fingerprint density at radius 1 is 0.857 bits per heavy atom. The number of methoxy groups -OCH3 is 3. The Hall–Kier alpha value is -4.92. The maximum absolute atomic E-state index is 14.5. The zero-order chi connectivity index (χ0) is 29.6. The SMILES string of the molecule is CCCCN(CC(=O)N1c2ccccc2-n2cccc2C1c1cc(OC)ccc1OC)C(=O)Nc1cccc(OC)c1. The number of hydrogen-bond donors (Lipinski definition) is 1. The number of nitrogens with zero attached hydrogens (tertiary/aromatic N) is 3. The standard InChI is InChI=1S/C33H36N4O5/c1-5-6-18-35(33(39)34-23-11-9-12-24(20-23)40-2)22-31(38)37-28-14-8-7-13-27(28)36-19-10-15-29(36)32(37)26-21-25(41-3)16-17-30(26)42-4/h7-17,19-21,32H,5-6,18,22H2,1-4H3,(H,34,39). The minimum atomic E-state index is -0.526. The molecular formula is C33H36N4O5. The summed E-state index contributed by atoms with van der Waals surface area (Å²) < 4.78 is 18.7. The number of para-hydroxylation sites is 2. The van der Waals surface area contributed by atoms with Crippen LogP contribution in [0.15, 0.2) is 85.1 Å². The van der Waals surface area contributed by atoms with E-state index in [1.165, 1.54) is 0 Å². The van der Waals surface area contributed by atoms with Gasteiger partial charge in [-0.1, -0.05) is 31.5 Å². The third kappa shape index (κ3) is 5.63. The van der Waals surface area contributed by atoms with E-state index in [9.17, 15) is 9.59 Å². The molecule has 3 aromatic carbocycles. The molecule has 1 unspecified atom stereocenters. The predicted molar refractivity (Wildman–Crippen MR) is 163 cm³/mol. The van der Waals surface area contributed by atoms with Crippen LogP contribution in [0.25, 0.3) is 5.69 Å². The largest absolute Gasteiger partial charge is 0.497 e. The van der Waals surface area contributed by atoms with E-state index in [2.05, 4.69) is 16.8 Å². The van der Waals surface area contributed by atoms with E-state index in [1.807, 2.05) is 72.9 Å². The summed E-state index contributed by atoms with van der Waals surface area (Å²) in [6, 6.07) is 23.6. The van der Waals surface area contributed by atoms with Gasteiger partial charge in [-0.25, -0.2) is 4.79 Å². The molecule has 0 fully saturated rings. The summed E-state index contributed by atoms with van der Waals surface area (Å²) >= 11 is 0. The third-order valence-electron chi connectivity index (χ3n) is 7.44. The number of carbonyl (C=O) groups excluding carboxylic acids is 2. The molecule has 0 spiro atoms. The first kappa shape index (κ1) is 28.6. The van der Waals surface area contributed by atoms with Crippen LogP contribution in [-0.2, 0) is 4.79 Å². The van der Waals surface area contributed by atoms with Crippen LogP contribution in [0.5, 0.6) is 17.2 Å². The molecule has 1 aliphatic heterocycles. The smallest absolute Gasteiger partial charge is 0.322 e. The Kier molecular flexibility index (Phi) is 8.66. The zero-order valence-electron chi connectivity index (χ0n) is 24.4. The summed E-state index contributed by atoms with van der Waals surface area (Å²) in [5.41, 5.74) is 3.89. The van der Waals surface area contributed by atoms with E-state index in [0.717, 1.165) is 35.5 Å². The van der Waals surface area contributed by atoms with Gasteiger partial charge in [0, 0.05) is 30.1 Å². The first-order chi connectivity index (χ1) is 20.5. The summed E-state index contributed by atoms with van der Waals surface area (Å²) in [4.78, 5) is 31.3. The van der Waals surface area contributed by atoms with Gasteiger partial charge in [0.2, 0.25) is 5.91 Å². The summed E-state index contributed by atoms with van der Waals surface area (Å²) in [6.07, 6.45) is 3.62. The highest BCUT2D eigenvalue weighted by atomic mass is 16.5. The molecule has 218 valence electrons.